The first kappa shape index (κ1) is 33.6. The third-order valence-corrected chi connectivity index (χ3v) is 10.7. The Morgan fingerprint density at radius 1 is 0.851 bits per heavy atom. The van der Waals surface area contributed by atoms with Crippen molar-refractivity contribution in [1.82, 2.24) is 4.98 Å². The molecule has 0 amide bonds. The van der Waals surface area contributed by atoms with Crippen LogP contribution in [0.5, 0.6) is 0 Å². The number of aliphatic hydroxyl groups excluding tert-OH is 1. The maximum Gasteiger partial charge on any atom is 0.162 e. The standard InChI is InChI=1S/C29H26NO.C13H20O2.Ir/c1-18(2)22-16-25-24-9-5-6-10-27(24)31-29(25)26(17-22)28-23-12-11-20(19-7-3-4-8-19)15-21(23)13-14-30-28;14-12(10-5-1-2-6-10)9-13(15)11-7-3-4-8-11;/h5-6,9-16,18-19H,3-4,7-8H2,1-2H3;9-11,14H,1-8H2;/q-1;;/b;12-9-;. The summed E-state index contributed by atoms with van der Waals surface area (Å²) < 4.78 is 6.36. The third-order valence-electron chi connectivity index (χ3n) is 10.7. The van der Waals surface area contributed by atoms with E-state index in [0.717, 1.165) is 58.9 Å². The molecule has 47 heavy (non-hydrogen) atoms. The number of benzene rings is 3. The van der Waals surface area contributed by atoms with Crippen LogP contribution in [0.15, 0.2) is 77.0 Å². The molecule has 3 fully saturated rings. The number of carbonyl (C=O) groups is 1. The van der Waals surface area contributed by atoms with Crippen molar-refractivity contribution >= 4 is 38.5 Å². The van der Waals surface area contributed by atoms with Gasteiger partial charge >= 0.3 is 0 Å². The van der Waals surface area contributed by atoms with Crippen LogP contribution >= 0.6 is 0 Å². The zero-order valence-electron chi connectivity index (χ0n) is 27.7. The van der Waals surface area contributed by atoms with Crippen LogP contribution in [0.2, 0.25) is 0 Å². The van der Waals surface area contributed by atoms with Crippen LogP contribution in [-0.4, -0.2) is 15.9 Å². The number of ketones is 1. The molecule has 8 rings (SSSR count). The monoisotopic (exact) mass is 805 g/mol. The fourth-order valence-corrected chi connectivity index (χ4v) is 7.99. The first-order valence-electron chi connectivity index (χ1n) is 17.7. The molecule has 5 heteroatoms. The second-order valence-corrected chi connectivity index (χ2v) is 14.2. The minimum Gasteiger partial charge on any atom is -0.512 e. The van der Waals surface area contributed by atoms with E-state index in [9.17, 15) is 9.90 Å². The van der Waals surface area contributed by atoms with Crippen LogP contribution in [0.3, 0.4) is 0 Å². The molecule has 1 radical (unpaired) electrons. The Labute approximate surface area is 292 Å². The molecule has 1 N–H and O–H groups in total. The molecule has 3 aromatic carbocycles. The van der Waals surface area contributed by atoms with E-state index >= 15 is 0 Å². The molecule has 247 valence electrons. The van der Waals surface area contributed by atoms with Gasteiger partial charge in [-0.05, 0) is 84.5 Å². The number of furan rings is 1. The number of allylic oxidation sites excluding steroid dienone is 2. The van der Waals surface area contributed by atoms with E-state index in [-0.39, 0.29) is 37.7 Å². The first-order valence-corrected chi connectivity index (χ1v) is 17.7. The summed E-state index contributed by atoms with van der Waals surface area (Å²) in [5.74, 6) is 2.07. The number of aliphatic hydroxyl groups is 1. The number of nitrogens with zero attached hydrogens (tertiary/aromatic N) is 1. The van der Waals surface area contributed by atoms with Crippen molar-refractivity contribution in [2.75, 3.05) is 0 Å². The molecule has 0 bridgehead atoms. The molecule has 0 aliphatic heterocycles. The van der Waals surface area contributed by atoms with Crippen LogP contribution in [0.1, 0.15) is 114 Å². The van der Waals surface area contributed by atoms with E-state index in [1.165, 1.54) is 79.3 Å². The van der Waals surface area contributed by atoms with Gasteiger partial charge < -0.3 is 14.5 Å². The molecular weight excluding hydrogens is 759 g/mol. The van der Waals surface area contributed by atoms with Gasteiger partial charge in [0.05, 0.1) is 11.3 Å². The van der Waals surface area contributed by atoms with Gasteiger partial charge in [-0.3, -0.25) is 4.79 Å². The minimum atomic E-state index is 0. The second kappa shape index (κ2) is 14.9. The predicted molar refractivity (Wildman–Crippen MR) is 188 cm³/mol. The number of rotatable bonds is 6. The predicted octanol–water partition coefficient (Wildman–Crippen LogP) is 11.8. The van der Waals surface area contributed by atoms with Gasteiger partial charge in [-0.15, -0.1) is 17.7 Å². The molecule has 0 atom stereocenters. The fourth-order valence-electron chi connectivity index (χ4n) is 7.99. The van der Waals surface area contributed by atoms with E-state index in [1.807, 2.05) is 18.3 Å². The fraction of sp³-hybridized carbons (Fsp3) is 0.429. The van der Waals surface area contributed by atoms with Crippen molar-refractivity contribution < 1.29 is 34.4 Å². The van der Waals surface area contributed by atoms with Gasteiger partial charge in [-0.1, -0.05) is 99.7 Å². The largest absolute Gasteiger partial charge is 0.512 e. The van der Waals surface area contributed by atoms with Gasteiger partial charge in [0.2, 0.25) is 0 Å². The van der Waals surface area contributed by atoms with Crippen molar-refractivity contribution in [1.29, 1.82) is 0 Å². The molecular formula is C42H46IrNO3-. The molecule has 2 heterocycles. The number of para-hydroxylation sites is 1. The Balaban J connectivity index is 0.000000204. The third kappa shape index (κ3) is 7.13. The van der Waals surface area contributed by atoms with E-state index in [4.69, 9.17) is 9.40 Å². The molecule has 3 aliphatic rings. The Kier molecular flexibility index (Phi) is 10.6. The summed E-state index contributed by atoms with van der Waals surface area (Å²) in [6, 6.07) is 23.3. The zero-order valence-corrected chi connectivity index (χ0v) is 30.1. The summed E-state index contributed by atoms with van der Waals surface area (Å²) in [5.41, 5.74) is 6.38. The molecule has 0 unspecified atom stereocenters. The van der Waals surface area contributed by atoms with E-state index < -0.39 is 0 Å². The van der Waals surface area contributed by atoms with Crippen molar-refractivity contribution in [2.45, 2.75) is 103 Å². The minimum absolute atomic E-state index is 0. The molecule has 2 aromatic heterocycles. The smallest absolute Gasteiger partial charge is 0.162 e. The number of hydrogen-bond acceptors (Lipinski definition) is 4. The van der Waals surface area contributed by atoms with E-state index in [1.54, 1.807) is 0 Å². The second-order valence-electron chi connectivity index (χ2n) is 14.2. The van der Waals surface area contributed by atoms with Crippen molar-refractivity contribution in [3.8, 4) is 11.3 Å². The number of pyridine rings is 1. The van der Waals surface area contributed by atoms with Gasteiger partial charge in [0.1, 0.15) is 5.58 Å². The Hall–Kier alpha value is -3.27. The normalized spacial score (nSPS) is 17.9. The number of carbonyl (C=O) groups excluding carboxylic acids is 1. The summed E-state index contributed by atoms with van der Waals surface area (Å²) in [6.45, 7) is 4.43. The SMILES string of the molecule is CC(C)c1[c-]c(-c2nccc3cc(C4CCCC4)ccc23)c2oc3ccccc3c2c1.O=C(/C=C(\O)C1CCCC1)C1CCCC1.[Ir]. The molecule has 0 saturated heterocycles. The number of aromatic nitrogens is 1. The average Bonchev–Trinajstić information content (AvgIpc) is 3.91. The maximum atomic E-state index is 11.8. The number of fused-ring (bicyclic) bond motifs is 4. The number of hydrogen-bond donors (Lipinski definition) is 1. The summed E-state index contributed by atoms with van der Waals surface area (Å²) in [4.78, 5) is 16.6. The van der Waals surface area contributed by atoms with Crippen molar-refractivity contribution in [3.63, 3.8) is 0 Å². The van der Waals surface area contributed by atoms with Crippen LogP contribution in [0.25, 0.3) is 44.0 Å². The summed E-state index contributed by atoms with van der Waals surface area (Å²) >= 11 is 0. The van der Waals surface area contributed by atoms with Gasteiger partial charge in [-0.25, -0.2) is 0 Å². The Morgan fingerprint density at radius 3 is 2.26 bits per heavy atom. The van der Waals surface area contributed by atoms with Gasteiger partial charge in [0, 0.05) is 49.6 Å². The molecule has 0 spiro atoms. The van der Waals surface area contributed by atoms with Crippen LogP contribution in [-0.2, 0) is 24.9 Å². The van der Waals surface area contributed by atoms with Gasteiger partial charge in [-0.2, -0.15) is 0 Å². The van der Waals surface area contributed by atoms with Crippen LogP contribution in [0.4, 0.5) is 0 Å². The van der Waals surface area contributed by atoms with Gasteiger partial charge in [0.15, 0.2) is 5.78 Å². The summed E-state index contributed by atoms with van der Waals surface area (Å²) in [7, 11) is 0. The molecule has 4 nitrogen and oxygen atoms in total. The summed E-state index contributed by atoms with van der Waals surface area (Å²) in [5, 5.41) is 14.5. The first-order chi connectivity index (χ1) is 22.5. The molecule has 3 saturated carbocycles. The topological polar surface area (TPSA) is 63.3 Å². The maximum absolute atomic E-state index is 11.8. The molecule has 5 aromatic rings. The van der Waals surface area contributed by atoms with Crippen LogP contribution in [0, 0.1) is 17.9 Å². The van der Waals surface area contributed by atoms with E-state index in [0.29, 0.717) is 17.6 Å². The van der Waals surface area contributed by atoms with E-state index in [2.05, 4.69) is 62.4 Å². The summed E-state index contributed by atoms with van der Waals surface area (Å²) in [6.07, 6.45) is 17.7. The van der Waals surface area contributed by atoms with Gasteiger partial charge in [0.25, 0.3) is 0 Å². The quantitative estimate of drug-likeness (QED) is 0.105. The Morgan fingerprint density at radius 2 is 1.53 bits per heavy atom. The molecule has 3 aliphatic carbocycles. The van der Waals surface area contributed by atoms with Crippen molar-refractivity contribution in [3.05, 3.63) is 89.8 Å². The Bertz CT molecular complexity index is 1880. The van der Waals surface area contributed by atoms with Crippen molar-refractivity contribution in [2.24, 2.45) is 11.8 Å². The zero-order chi connectivity index (χ0) is 31.6. The van der Waals surface area contributed by atoms with Crippen LogP contribution < -0.4 is 0 Å². The average molecular weight is 805 g/mol.